The number of hydrogen-bond acceptors (Lipinski definition) is 5. The lowest BCUT2D eigenvalue weighted by Gasteiger charge is -2.20. The quantitative estimate of drug-likeness (QED) is 0.664. The molecule has 2 N–H and O–H groups in total. The van der Waals surface area contributed by atoms with E-state index in [2.05, 4.69) is 19.9 Å². The summed E-state index contributed by atoms with van der Waals surface area (Å²) in [5, 5.41) is 8.09. The molecule has 4 rings (SSSR count). The Bertz CT molecular complexity index is 1130. The summed E-state index contributed by atoms with van der Waals surface area (Å²) in [6, 6.07) is 2.47. The van der Waals surface area contributed by atoms with E-state index < -0.39 is 21.7 Å². The van der Waals surface area contributed by atoms with Gasteiger partial charge in [-0.3, -0.25) is 4.72 Å². The molecule has 10 heteroatoms. The number of aromatic amines is 1. The molecule has 0 saturated heterocycles. The van der Waals surface area contributed by atoms with Crippen LogP contribution in [0.2, 0.25) is 0 Å². The van der Waals surface area contributed by atoms with Crippen LogP contribution >= 0.6 is 0 Å². The van der Waals surface area contributed by atoms with Crippen LogP contribution < -0.4 is 4.72 Å². The fourth-order valence-electron chi connectivity index (χ4n) is 3.32. The number of anilines is 1. The summed E-state index contributed by atoms with van der Waals surface area (Å²) in [7, 11) is -4.10. The van der Waals surface area contributed by atoms with Gasteiger partial charge in [0.2, 0.25) is 5.89 Å². The van der Waals surface area contributed by atoms with Gasteiger partial charge in [-0.2, -0.15) is 0 Å². The zero-order valence-electron chi connectivity index (χ0n) is 15.2. The molecule has 0 spiro atoms. The van der Waals surface area contributed by atoms with Crippen molar-refractivity contribution >= 4 is 15.7 Å². The van der Waals surface area contributed by atoms with E-state index in [1.807, 2.05) is 0 Å². The number of sulfonamides is 1. The Morgan fingerprint density at radius 1 is 1.14 bits per heavy atom. The Morgan fingerprint density at radius 2 is 1.82 bits per heavy atom. The fourth-order valence-corrected chi connectivity index (χ4v) is 4.81. The SMILES string of the molecule is Cc1[nH]c(-c2nnc(C3CCC3)o2)c(C)c1S(=O)(=O)Nc1cc(F)cc(F)c1. The van der Waals surface area contributed by atoms with Crippen LogP contribution in [0.25, 0.3) is 11.6 Å². The predicted octanol–water partition coefficient (Wildman–Crippen LogP) is 4.03. The average Bonchev–Trinajstić information content (AvgIpc) is 3.08. The van der Waals surface area contributed by atoms with Gasteiger partial charge in [-0.1, -0.05) is 6.42 Å². The number of aromatic nitrogens is 3. The molecule has 1 saturated carbocycles. The maximum absolute atomic E-state index is 13.4. The molecule has 148 valence electrons. The smallest absolute Gasteiger partial charge is 0.264 e. The second-order valence-corrected chi connectivity index (χ2v) is 8.54. The number of benzene rings is 1. The highest BCUT2D eigenvalue weighted by Crippen LogP contribution is 2.37. The Kier molecular flexibility index (Phi) is 4.45. The van der Waals surface area contributed by atoms with E-state index in [4.69, 9.17) is 4.42 Å². The molecule has 1 aliphatic carbocycles. The molecule has 0 bridgehead atoms. The maximum Gasteiger partial charge on any atom is 0.264 e. The summed E-state index contributed by atoms with van der Waals surface area (Å²) in [6.45, 7) is 3.19. The number of hydrogen-bond donors (Lipinski definition) is 2. The van der Waals surface area contributed by atoms with Crippen LogP contribution in [0.4, 0.5) is 14.5 Å². The second-order valence-electron chi connectivity index (χ2n) is 6.92. The van der Waals surface area contributed by atoms with Gasteiger partial charge in [-0.25, -0.2) is 17.2 Å². The molecule has 1 aromatic carbocycles. The number of nitrogens with zero attached hydrogens (tertiary/aromatic N) is 2. The molecule has 0 atom stereocenters. The van der Waals surface area contributed by atoms with Crippen molar-refractivity contribution < 1.29 is 21.6 Å². The standard InChI is InChI=1S/C18H18F2N4O3S/c1-9-15(18-23-22-17(27-18)11-4-3-5-11)21-10(2)16(9)28(25,26)24-14-7-12(19)6-13(20)8-14/h6-8,11,21,24H,3-5H2,1-2H3. The molecule has 2 heterocycles. The van der Waals surface area contributed by atoms with Crippen molar-refractivity contribution in [2.45, 2.75) is 43.9 Å². The van der Waals surface area contributed by atoms with Crippen molar-refractivity contribution in [1.82, 2.24) is 15.2 Å². The first-order chi connectivity index (χ1) is 13.2. The molecule has 3 aromatic rings. The van der Waals surface area contributed by atoms with Crippen LogP contribution in [0.1, 0.15) is 42.3 Å². The largest absolute Gasteiger partial charge is 0.419 e. The summed E-state index contributed by atoms with van der Waals surface area (Å²) in [4.78, 5) is 2.94. The number of halogens is 2. The van der Waals surface area contributed by atoms with Crippen molar-refractivity contribution in [3.8, 4) is 11.6 Å². The molecule has 1 aliphatic rings. The van der Waals surface area contributed by atoms with Gasteiger partial charge in [0.25, 0.3) is 15.9 Å². The monoisotopic (exact) mass is 408 g/mol. The molecule has 2 aromatic heterocycles. The van der Waals surface area contributed by atoms with Crippen molar-refractivity contribution in [3.63, 3.8) is 0 Å². The zero-order chi connectivity index (χ0) is 20.1. The van der Waals surface area contributed by atoms with E-state index in [-0.39, 0.29) is 22.4 Å². The summed E-state index contributed by atoms with van der Waals surface area (Å²) < 4.78 is 60.4. The molecule has 0 radical (unpaired) electrons. The van der Waals surface area contributed by atoms with E-state index in [0.717, 1.165) is 31.4 Å². The van der Waals surface area contributed by atoms with Crippen LogP contribution in [0.5, 0.6) is 0 Å². The fraction of sp³-hybridized carbons (Fsp3) is 0.333. The normalized spacial score (nSPS) is 14.9. The van der Waals surface area contributed by atoms with E-state index in [1.54, 1.807) is 13.8 Å². The van der Waals surface area contributed by atoms with Gasteiger partial charge in [-0.05, 0) is 38.8 Å². The first-order valence-electron chi connectivity index (χ1n) is 8.76. The zero-order valence-corrected chi connectivity index (χ0v) is 16.0. The Labute approximate surface area is 160 Å². The highest BCUT2D eigenvalue weighted by molar-refractivity contribution is 7.92. The highest BCUT2D eigenvalue weighted by atomic mass is 32.2. The molecule has 0 unspecified atom stereocenters. The topological polar surface area (TPSA) is 101 Å². The molecule has 0 amide bonds. The van der Waals surface area contributed by atoms with Gasteiger partial charge in [0, 0.05) is 23.2 Å². The third-order valence-electron chi connectivity index (χ3n) is 4.86. The highest BCUT2D eigenvalue weighted by Gasteiger charge is 2.29. The predicted molar refractivity (Wildman–Crippen MR) is 97.3 cm³/mol. The summed E-state index contributed by atoms with van der Waals surface area (Å²) in [5.41, 5.74) is 0.927. The van der Waals surface area contributed by atoms with Crippen LogP contribution in [0.3, 0.4) is 0 Å². The van der Waals surface area contributed by atoms with Gasteiger partial charge in [0.1, 0.15) is 22.2 Å². The lowest BCUT2D eigenvalue weighted by atomic mass is 9.85. The maximum atomic E-state index is 13.4. The third kappa shape index (κ3) is 3.28. The minimum Gasteiger partial charge on any atom is -0.419 e. The van der Waals surface area contributed by atoms with Crippen molar-refractivity contribution in [1.29, 1.82) is 0 Å². The molecule has 0 aliphatic heterocycles. The first kappa shape index (κ1) is 18.6. The van der Waals surface area contributed by atoms with Gasteiger partial charge >= 0.3 is 0 Å². The van der Waals surface area contributed by atoms with Gasteiger partial charge < -0.3 is 9.40 Å². The van der Waals surface area contributed by atoms with Crippen LogP contribution in [0.15, 0.2) is 27.5 Å². The Balaban J connectivity index is 1.69. The summed E-state index contributed by atoms with van der Waals surface area (Å²) >= 11 is 0. The minimum atomic E-state index is -4.10. The number of H-pyrrole nitrogens is 1. The van der Waals surface area contributed by atoms with E-state index in [1.165, 1.54) is 0 Å². The summed E-state index contributed by atoms with van der Waals surface area (Å²) in [6.07, 6.45) is 3.12. The van der Waals surface area contributed by atoms with Crippen molar-refractivity contribution in [2.24, 2.45) is 0 Å². The second kappa shape index (κ2) is 6.69. The van der Waals surface area contributed by atoms with Crippen molar-refractivity contribution in [3.05, 3.63) is 47.0 Å². The third-order valence-corrected chi connectivity index (χ3v) is 6.52. The van der Waals surface area contributed by atoms with Gasteiger partial charge in [0.05, 0.1) is 5.69 Å². The average molecular weight is 408 g/mol. The molecular weight excluding hydrogens is 390 g/mol. The van der Waals surface area contributed by atoms with Gasteiger partial charge in [0.15, 0.2) is 0 Å². The van der Waals surface area contributed by atoms with Crippen LogP contribution in [-0.4, -0.2) is 23.6 Å². The van der Waals surface area contributed by atoms with E-state index in [0.29, 0.717) is 28.9 Å². The lowest BCUT2D eigenvalue weighted by molar-refractivity contribution is 0.338. The number of nitrogens with one attached hydrogen (secondary N) is 2. The number of rotatable bonds is 5. The van der Waals surface area contributed by atoms with E-state index in [9.17, 15) is 17.2 Å². The Hall–Kier alpha value is -2.75. The molecule has 28 heavy (non-hydrogen) atoms. The van der Waals surface area contributed by atoms with E-state index >= 15 is 0 Å². The van der Waals surface area contributed by atoms with Crippen LogP contribution in [-0.2, 0) is 10.0 Å². The molecular formula is C18H18F2N4O3S. The van der Waals surface area contributed by atoms with Crippen LogP contribution in [0, 0.1) is 25.5 Å². The molecule has 1 fully saturated rings. The minimum absolute atomic E-state index is 0.0319. The summed E-state index contributed by atoms with van der Waals surface area (Å²) in [5.74, 6) is -0.748. The van der Waals surface area contributed by atoms with Crippen molar-refractivity contribution in [2.75, 3.05) is 4.72 Å². The number of aryl methyl sites for hydroxylation is 1. The molecule has 7 nitrogen and oxygen atoms in total. The van der Waals surface area contributed by atoms with Gasteiger partial charge in [-0.15, -0.1) is 10.2 Å². The first-order valence-corrected chi connectivity index (χ1v) is 10.2. The Morgan fingerprint density at radius 3 is 2.43 bits per heavy atom. The lowest BCUT2D eigenvalue weighted by Crippen LogP contribution is -2.14.